The molecule has 0 N–H and O–H groups in total. The van der Waals surface area contributed by atoms with Crippen molar-refractivity contribution < 1.29 is 20.8 Å². The Bertz CT molecular complexity index is 935. The molecule has 4 aromatic rings. The minimum absolute atomic E-state index is 0.826. The second-order valence-electron chi connectivity index (χ2n) is 5.44. The first-order valence-electron chi connectivity index (χ1n) is 7.35. The van der Waals surface area contributed by atoms with Gasteiger partial charge in [0.25, 0.3) is 0 Å². The molecule has 0 aliphatic heterocycles. The molecule has 0 radical (unpaired) electrons. The monoisotopic (exact) mass is 415 g/mol. The van der Waals surface area contributed by atoms with E-state index < -0.39 is 20.8 Å². The fourth-order valence-electron chi connectivity index (χ4n) is 3.08. The topological polar surface area (TPSA) is 0 Å². The number of fused-ring (bicyclic) bond motifs is 2. The van der Waals surface area contributed by atoms with Crippen LogP contribution in [0.3, 0.4) is 0 Å². The van der Waals surface area contributed by atoms with Crippen molar-refractivity contribution >= 4 is 38.6 Å². The Balaban J connectivity index is 0.000000485. The summed E-state index contributed by atoms with van der Waals surface area (Å²) in [6, 6.07) is 26.2. The summed E-state index contributed by atoms with van der Waals surface area (Å²) < 4.78 is 0. The molecule has 0 atom stereocenters. The van der Waals surface area contributed by atoms with Gasteiger partial charge in [-0.15, -0.1) is 34.5 Å². The Morgan fingerprint density at radius 1 is 0.783 bits per heavy atom. The molecule has 0 nitrogen and oxygen atoms in total. The first-order chi connectivity index (χ1) is 11.2. The zero-order chi connectivity index (χ0) is 16.2. The van der Waals surface area contributed by atoms with Gasteiger partial charge in [0.1, 0.15) is 0 Å². The van der Waals surface area contributed by atoms with Crippen LogP contribution in [-0.2, 0) is 20.8 Å². The van der Waals surface area contributed by atoms with Gasteiger partial charge >= 0.3 is 37.9 Å². The molecule has 0 aromatic heterocycles. The van der Waals surface area contributed by atoms with Gasteiger partial charge in [0, 0.05) is 0 Å². The van der Waals surface area contributed by atoms with Crippen LogP contribution < -0.4 is 0 Å². The molecule has 0 bridgehead atoms. The summed E-state index contributed by atoms with van der Waals surface area (Å²) in [5.41, 5.74) is 3.97. The molecule has 4 rings (SSSR count). The molecule has 4 aromatic carbocycles. The summed E-state index contributed by atoms with van der Waals surface area (Å²) in [6.07, 6.45) is 0. The molecule has 0 spiro atoms. The van der Waals surface area contributed by atoms with E-state index in [0.717, 1.165) is 0 Å². The fraction of sp³-hybridized carbons (Fsp3) is 0.0500. The molecule has 3 heteroatoms. The Morgan fingerprint density at radius 3 is 2.17 bits per heavy atom. The van der Waals surface area contributed by atoms with Crippen LogP contribution in [0.5, 0.6) is 0 Å². The van der Waals surface area contributed by atoms with E-state index in [1.54, 1.807) is 0 Å². The third kappa shape index (κ3) is 3.58. The van der Waals surface area contributed by atoms with Crippen molar-refractivity contribution in [2.75, 3.05) is 0 Å². The normalized spacial score (nSPS) is 10.4. The van der Waals surface area contributed by atoms with E-state index in [9.17, 15) is 0 Å². The fourth-order valence-corrected chi connectivity index (χ4v) is 3.08. The number of benzene rings is 3. The van der Waals surface area contributed by atoms with Crippen LogP contribution in [0.4, 0.5) is 0 Å². The van der Waals surface area contributed by atoms with E-state index in [-0.39, 0.29) is 0 Å². The zero-order valence-electron chi connectivity index (χ0n) is 12.7. The molecule has 0 saturated heterocycles. The minimum atomic E-state index is -0.826. The molecule has 0 aliphatic rings. The predicted molar refractivity (Wildman–Crippen MR) is 98.9 cm³/mol. The SMILES string of the molecule is Cc1cc2c(-c3cccc4ccccc34)cccc2[cH-]1.[Cl][Zr][Cl]. The van der Waals surface area contributed by atoms with Crippen LogP contribution in [0.25, 0.3) is 32.7 Å². The molecule has 0 saturated carbocycles. The number of aryl methyl sites for hydroxylation is 1. The van der Waals surface area contributed by atoms with E-state index in [1.165, 1.54) is 38.2 Å². The van der Waals surface area contributed by atoms with Gasteiger partial charge in [-0.1, -0.05) is 61.0 Å². The Labute approximate surface area is 155 Å². The molecular formula is C20H15Cl2Zr-. The average molecular weight is 417 g/mol. The van der Waals surface area contributed by atoms with Crippen LogP contribution in [0.1, 0.15) is 5.56 Å². The maximum absolute atomic E-state index is 4.93. The summed E-state index contributed by atoms with van der Waals surface area (Å²) >= 11 is -0.826. The quantitative estimate of drug-likeness (QED) is 0.291. The van der Waals surface area contributed by atoms with Gasteiger partial charge in [0.15, 0.2) is 0 Å². The summed E-state index contributed by atoms with van der Waals surface area (Å²) in [5.74, 6) is 0. The van der Waals surface area contributed by atoms with Gasteiger partial charge < -0.3 is 0 Å². The molecule has 0 amide bonds. The molecule has 0 fully saturated rings. The molecular weight excluding hydrogens is 402 g/mol. The van der Waals surface area contributed by atoms with E-state index in [1.807, 2.05) is 0 Å². The molecule has 23 heavy (non-hydrogen) atoms. The van der Waals surface area contributed by atoms with Crippen LogP contribution in [0, 0.1) is 6.92 Å². The van der Waals surface area contributed by atoms with E-state index >= 15 is 0 Å². The molecule has 114 valence electrons. The summed E-state index contributed by atoms with van der Waals surface area (Å²) in [6.45, 7) is 2.16. The number of halogens is 2. The van der Waals surface area contributed by atoms with Crippen LogP contribution in [0.15, 0.2) is 72.8 Å². The van der Waals surface area contributed by atoms with Crippen LogP contribution in [-0.4, -0.2) is 0 Å². The second kappa shape index (κ2) is 7.71. The van der Waals surface area contributed by atoms with Gasteiger partial charge in [-0.2, -0.15) is 6.07 Å². The Hall–Kier alpha value is -1.01. The number of hydrogen-bond donors (Lipinski definition) is 0. The van der Waals surface area contributed by atoms with Gasteiger partial charge in [-0.25, -0.2) is 0 Å². The maximum atomic E-state index is 4.93. The van der Waals surface area contributed by atoms with Gasteiger partial charge in [-0.3, -0.25) is 0 Å². The molecule has 0 unspecified atom stereocenters. The Morgan fingerprint density at radius 2 is 1.39 bits per heavy atom. The van der Waals surface area contributed by atoms with Crippen molar-refractivity contribution in [3.05, 3.63) is 78.4 Å². The number of hydrogen-bond acceptors (Lipinski definition) is 0. The van der Waals surface area contributed by atoms with Crippen LogP contribution in [0.2, 0.25) is 0 Å². The summed E-state index contributed by atoms with van der Waals surface area (Å²) in [4.78, 5) is 0. The Kier molecular flexibility index (Phi) is 5.64. The summed E-state index contributed by atoms with van der Waals surface area (Å²) in [7, 11) is 9.87. The predicted octanol–water partition coefficient (Wildman–Crippen LogP) is 7.06. The first-order valence-corrected chi connectivity index (χ1v) is 13.7. The van der Waals surface area contributed by atoms with Crippen molar-refractivity contribution in [2.45, 2.75) is 6.92 Å². The third-order valence-electron chi connectivity index (χ3n) is 3.97. The average Bonchev–Trinajstić information content (AvgIpc) is 2.95. The first kappa shape index (κ1) is 16.8. The zero-order valence-corrected chi connectivity index (χ0v) is 16.7. The van der Waals surface area contributed by atoms with E-state index in [0.29, 0.717) is 0 Å². The van der Waals surface area contributed by atoms with Gasteiger partial charge in [-0.05, 0) is 16.3 Å². The van der Waals surface area contributed by atoms with Crippen molar-refractivity contribution in [3.8, 4) is 11.1 Å². The van der Waals surface area contributed by atoms with Crippen molar-refractivity contribution in [1.29, 1.82) is 0 Å². The van der Waals surface area contributed by atoms with Gasteiger partial charge in [0.2, 0.25) is 0 Å². The van der Waals surface area contributed by atoms with Crippen molar-refractivity contribution in [2.24, 2.45) is 0 Å². The van der Waals surface area contributed by atoms with Crippen molar-refractivity contribution in [1.82, 2.24) is 0 Å². The molecule has 0 aliphatic carbocycles. The van der Waals surface area contributed by atoms with Crippen molar-refractivity contribution in [3.63, 3.8) is 0 Å². The second-order valence-corrected chi connectivity index (χ2v) is 9.17. The van der Waals surface area contributed by atoms with E-state index in [2.05, 4.69) is 79.7 Å². The van der Waals surface area contributed by atoms with Crippen LogP contribution >= 0.6 is 17.0 Å². The third-order valence-corrected chi connectivity index (χ3v) is 3.97. The van der Waals surface area contributed by atoms with Gasteiger partial charge in [0.05, 0.1) is 0 Å². The molecule has 0 heterocycles. The summed E-state index contributed by atoms with van der Waals surface area (Å²) in [5, 5.41) is 5.29. The number of rotatable bonds is 1. The van der Waals surface area contributed by atoms with E-state index in [4.69, 9.17) is 17.0 Å². The standard InChI is InChI=1S/C20H15.2ClH.Zr/c1-14-12-16-8-5-11-19(20(16)13-14)18-10-4-7-15-6-2-3-9-17(15)18;;;/h2-13H,1H3;2*1H;/q-1;;;+2/p-2.